The normalized spacial score (nSPS) is 11.8. The highest BCUT2D eigenvalue weighted by atomic mass is 16.2. The molecule has 0 radical (unpaired) electrons. The van der Waals surface area contributed by atoms with Gasteiger partial charge in [-0.2, -0.15) is 0 Å². The molecular weight excluding hydrogens is 398 g/mol. The van der Waals surface area contributed by atoms with Crippen molar-refractivity contribution in [2.24, 2.45) is 5.92 Å². The highest BCUT2D eigenvalue weighted by Gasteiger charge is 2.24. The molecule has 0 aliphatic heterocycles. The Morgan fingerprint density at radius 2 is 1.25 bits per heavy atom. The van der Waals surface area contributed by atoms with Gasteiger partial charge in [0.05, 0.1) is 0 Å². The second-order valence-corrected chi connectivity index (χ2v) is 8.14. The van der Waals surface area contributed by atoms with Gasteiger partial charge in [0.2, 0.25) is 5.91 Å². The van der Waals surface area contributed by atoms with Gasteiger partial charge in [-0.1, -0.05) is 92.7 Å². The fourth-order valence-electron chi connectivity index (χ4n) is 3.71. The van der Waals surface area contributed by atoms with Gasteiger partial charge in [-0.3, -0.25) is 4.79 Å². The van der Waals surface area contributed by atoms with Crippen molar-refractivity contribution >= 4 is 17.6 Å². The van der Waals surface area contributed by atoms with Crippen LogP contribution in [0.3, 0.4) is 0 Å². The highest BCUT2D eigenvalue weighted by Crippen LogP contribution is 2.27. The first-order valence-corrected chi connectivity index (χ1v) is 11.0. The van der Waals surface area contributed by atoms with E-state index < -0.39 is 12.1 Å². The second-order valence-electron chi connectivity index (χ2n) is 8.14. The van der Waals surface area contributed by atoms with Gasteiger partial charge in [-0.05, 0) is 35.6 Å². The molecule has 5 nitrogen and oxygen atoms in total. The number of carbonyl (C=O) groups is 2. The van der Waals surface area contributed by atoms with Crippen LogP contribution in [0, 0.1) is 5.92 Å². The molecule has 0 aromatic heterocycles. The van der Waals surface area contributed by atoms with Gasteiger partial charge in [0, 0.05) is 18.2 Å². The molecule has 0 spiro atoms. The molecular formula is C27H31N3O2. The van der Waals surface area contributed by atoms with Crippen LogP contribution >= 0.6 is 0 Å². The number of hydrogen-bond acceptors (Lipinski definition) is 2. The molecule has 1 atom stereocenters. The van der Waals surface area contributed by atoms with Crippen LogP contribution in [0.25, 0.3) is 0 Å². The summed E-state index contributed by atoms with van der Waals surface area (Å²) < 4.78 is 0. The van der Waals surface area contributed by atoms with Gasteiger partial charge in [0.15, 0.2) is 0 Å². The maximum Gasteiger partial charge on any atom is 0.319 e. The molecule has 3 amide bonds. The summed E-state index contributed by atoms with van der Waals surface area (Å²) in [6.07, 6.45) is 0.765. The van der Waals surface area contributed by atoms with E-state index >= 15 is 0 Å². The predicted octanol–water partition coefficient (Wildman–Crippen LogP) is 5.17. The van der Waals surface area contributed by atoms with Crippen LogP contribution in [0.1, 0.15) is 37.3 Å². The van der Waals surface area contributed by atoms with Crippen molar-refractivity contribution in [3.8, 4) is 0 Å². The Labute approximate surface area is 190 Å². The van der Waals surface area contributed by atoms with Crippen molar-refractivity contribution in [1.29, 1.82) is 0 Å². The fraction of sp³-hybridized carbons (Fsp3) is 0.259. The van der Waals surface area contributed by atoms with Crippen molar-refractivity contribution in [3.63, 3.8) is 0 Å². The van der Waals surface area contributed by atoms with Crippen molar-refractivity contribution in [3.05, 3.63) is 102 Å². The number of benzene rings is 3. The number of hydrogen-bond donors (Lipinski definition) is 3. The van der Waals surface area contributed by atoms with Crippen LogP contribution in [-0.4, -0.2) is 24.5 Å². The van der Waals surface area contributed by atoms with Gasteiger partial charge >= 0.3 is 6.03 Å². The maximum absolute atomic E-state index is 12.9. The van der Waals surface area contributed by atoms with Crippen LogP contribution in [0.4, 0.5) is 10.5 Å². The SMILES string of the molecule is CC(C)C(NC(=O)Nc1ccccc1)C(=O)NCCC(c1ccccc1)c1ccccc1. The number of nitrogens with one attached hydrogen (secondary N) is 3. The van der Waals surface area contributed by atoms with Gasteiger partial charge in [-0.15, -0.1) is 0 Å². The molecule has 32 heavy (non-hydrogen) atoms. The highest BCUT2D eigenvalue weighted by molar-refractivity contribution is 5.93. The first kappa shape index (κ1) is 23.1. The van der Waals surface area contributed by atoms with E-state index in [9.17, 15) is 9.59 Å². The Bertz CT molecular complexity index is 936. The molecule has 0 heterocycles. The third-order valence-corrected chi connectivity index (χ3v) is 5.40. The fourth-order valence-corrected chi connectivity index (χ4v) is 3.71. The molecule has 0 saturated heterocycles. The molecule has 0 bridgehead atoms. The Morgan fingerprint density at radius 3 is 1.75 bits per heavy atom. The second kappa shape index (κ2) is 11.7. The van der Waals surface area contributed by atoms with E-state index in [0.717, 1.165) is 6.42 Å². The minimum atomic E-state index is -0.620. The average Bonchev–Trinajstić information content (AvgIpc) is 2.82. The van der Waals surface area contributed by atoms with E-state index in [4.69, 9.17) is 0 Å². The van der Waals surface area contributed by atoms with Gasteiger partial charge < -0.3 is 16.0 Å². The van der Waals surface area contributed by atoms with E-state index in [1.807, 2.05) is 68.4 Å². The van der Waals surface area contributed by atoms with Crippen molar-refractivity contribution in [1.82, 2.24) is 10.6 Å². The molecule has 1 unspecified atom stereocenters. The van der Waals surface area contributed by atoms with E-state index in [2.05, 4.69) is 40.2 Å². The summed E-state index contributed by atoms with van der Waals surface area (Å²) in [6, 6.07) is 28.8. The summed E-state index contributed by atoms with van der Waals surface area (Å²) in [6.45, 7) is 4.35. The molecule has 3 N–H and O–H groups in total. The number of carbonyl (C=O) groups excluding carboxylic acids is 2. The van der Waals surface area contributed by atoms with Crippen LogP contribution in [-0.2, 0) is 4.79 Å². The topological polar surface area (TPSA) is 70.2 Å². The van der Waals surface area contributed by atoms with Crippen LogP contribution in [0.15, 0.2) is 91.0 Å². The molecule has 0 saturated carbocycles. The molecule has 0 fully saturated rings. The Morgan fingerprint density at radius 1 is 0.750 bits per heavy atom. The number of para-hydroxylation sites is 1. The standard InChI is InChI=1S/C27H31N3O2/c1-20(2)25(30-27(32)29-23-16-10-5-11-17-23)26(31)28-19-18-24(21-12-6-3-7-13-21)22-14-8-4-9-15-22/h3-17,20,24-25H,18-19H2,1-2H3,(H,28,31)(H2,29,30,32). The smallest absolute Gasteiger partial charge is 0.319 e. The van der Waals surface area contributed by atoms with E-state index in [1.165, 1.54) is 11.1 Å². The average molecular weight is 430 g/mol. The van der Waals surface area contributed by atoms with Gasteiger partial charge in [0.1, 0.15) is 6.04 Å². The largest absolute Gasteiger partial charge is 0.354 e. The van der Waals surface area contributed by atoms with E-state index in [1.54, 1.807) is 12.1 Å². The van der Waals surface area contributed by atoms with Crippen LogP contribution in [0.5, 0.6) is 0 Å². The van der Waals surface area contributed by atoms with Crippen molar-refractivity contribution < 1.29 is 9.59 Å². The van der Waals surface area contributed by atoms with Gasteiger partial charge in [-0.25, -0.2) is 4.79 Å². The third kappa shape index (κ3) is 6.71. The minimum absolute atomic E-state index is 0.0458. The lowest BCUT2D eigenvalue weighted by molar-refractivity contribution is -0.123. The molecule has 0 aliphatic rings. The lowest BCUT2D eigenvalue weighted by Gasteiger charge is -2.23. The number of anilines is 1. The Hall–Kier alpha value is -3.60. The van der Waals surface area contributed by atoms with Crippen LogP contribution < -0.4 is 16.0 Å². The lowest BCUT2D eigenvalue weighted by atomic mass is 9.88. The summed E-state index contributed by atoms with van der Waals surface area (Å²) in [4.78, 5) is 25.3. The zero-order valence-corrected chi connectivity index (χ0v) is 18.6. The monoisotopic (exact) mass is 429 g/mol. The molecule has 166 valence electrons. The Kier molecular flexibility index (Phi) is 8.44. The molecule has 3 aromatic carbocycles. The van der Waals surface area contributed by atoms with Crippen molar-refractivity contribution in [2.75, 3.05) is 11.9 Å². The number of rotatable bonds is 9. The third-order valence-electron chi connectivity index (χ3n) is 5.40. The maximum atomic E-state index is 12.9. The molecule has 3 aromatic rings. The summed E-state index contributed by atoms with van der Waals surface area (Å²) in [7, 11) is 0. The first-order valence-electron chi connectivity index (χ1n) is 11.0. The lowest BCUT2D eigenvalue weighted by Crippen LogP contribution is -2.51. The quantitative estimate of drug-likeness (QED) is 0.439. The first-order chi connectivity index (χ1) is 15.5. The summed E-state index contributed by atoms with van der Waals surface area (Å²) >= 11 is 0. The minimum Gasteiger partial charge on any atom is -0.354 e. The molecule has 0 aliphatic carbocycles. The van der Waals surface area contributed by atoms with Gasteiger partial charge in [0.25, 0.3) is 0 Å². The number of amides is 3. The summed E-state index contributed by atoms with van der Waals surface area (Å²) in [5.41, 5.74) is 3.11. The van der Waals surface area contributed by atoms with Crippen molar-refractivity contribution in [2.45, 2.75) is 32.2 Å². The zero-order chi connectivity index (χ0) is 22.8. The summed E-state index contributed by atoms with van der Waals surface area (Å²) in [5, 5.41) is 8.60. The van der Waals surface area contributed by atoms with E-state index in [0.29, 0.717) is 12.2 Å². The molecule has 5 heteroatoms. The van der Waals surface area contributed by atoms with Crippen LogP contribution in [0.2, 0.25) is 0 Å². The zero-order valence-electron chi connectivity index (χ0n) is 18.6. The predicted molar refractivity (Wildman–Crippen MR) is 130 cm³/mol. The molecule has 3 rings (SSSR count). The number of urea groups is 1. The van der Waals surface area contributed by atoms with E-state index in [-0.39, 0.29) is 17.7 Å². The Balaban J connectivity index is 1.59. The summed E-state index contributed by atoms with van der Waals surface area (Å²) in [5.74, 6) is -0.0387.